The number of methoxy groups -OCH3 is 2. The van der Waals surface area contributed by atoms with Gasteiger partial charge in [-0.25, -0.2) is 0 Å². The molecule has 1 fully saturated rings. The summed E-state index contributed by atoms with van der Waals surface area (Å²) in [6.07, 6.45) is 8.86. The molecule has 3 heterocycles. The topological polar surface area (TPSA) is 65.5 Å². The summed E-state index contributed by atoms with van der Waals surface area (Å²) in [5.41, 5.74) is 3.16. The van der Waals surface area contributed by atoms with Gasteiger partial charge in [-0.05, 0) is 44.5 Å². The molecule has 0 aliphatic carbocycles. The lowest BCUT2D eigenvalue weighted by Crippen LogP contribution is -2.28. The van der Waals surface area contributed by atoms with E-state index in [4.69, 9.17) is 14.0 Å². The van der Waals surface area contributed by atoms with Crippen molar-refractivity contribution in [2.75, 3.05) is 20.8 Å². The van der Waals surface area contributed by atoms with E-state index in [-0.39, 0.29) is 6.04 Å². The highest BCUT2D eigenvalue weighted by Crippen LogP contribution is 2.36. The van der Waals surface area contributed by atoms with Gasteiger partial charge < -0.3 is 14.0 Å². The van der Waals surface area contributed by atoms with Crippen molar-refractivity contribution >= 4 is 0 Å². The van der Waals surface area contributed by atoms with Crippen molar-refractivity contribution in [2.45, 2.75) is 51.7 Å². The van der Waals surface area contributed by atoms with Crippen molar-refractivity contribution < 1.29 is 14.0 Å². The second-order valence-electron chi connectivity index (χ2n) is 7.73. The SMILES string of the molecule is CCn1cc(CN2CCCCC[C@@H]2c2cc(-c3ccc(OC)c(OC)c3)on2)cn1. The lowest BCUT2D eigenvalue weighted by atomic mass is 10.0. The third-order valence-electron chi connectivity index (χ3n) is 5.80. The molecule has 0 N–H and O–H groups in total. The van der Waals surface area contributed by atoms with Gasteiger partial charge in [0.15, 0.2) is 17.3 Å². The predicted octanol–water partition coefficient (Wildman–Crippen LogP) is 4.69. The summed E-state index contributed by atoms with van der Waals surface area (Å²) in [7, 11) is 3.27. The normalized spacial score (nSPS) is 17.6. The highest BCUT2D eigenvalue weighted by atomic mass is 16.5. The van der Waals surface area contributed by atoms with E-state index in [2.05, 4.69) is 34.3 Å². The fraction of sp³-hybridized carbons (Fsp3) is 0.478. The third-order valence-corrected chi connectivity index (χ3v) is 5.80. The molecule has 0 spiro atoms. The van der Waals surface area contributed by atoms with Gasteiger partial charge in [0.2, 0.25) is 0 Å². The van der Waals surface area contributed by atoms with E-state index in [0.29, 0.717) is 11.5 Å². The first kappa shape index (κ1) is 20.5. The number of aromatic nitrogens is 3. The summed E-state index contributed by atoms with van der Waals surface area (Å²) in [6, 6.07) is 8.09. The number of ether oxygens (including phenoxy) is 2. The van der Waals surface area contributed by atoms with Crippen molar-refractivity contribution in [3.05, 3.63) is 47.9 Å². The lowest BCUT2D eigenvalue weighted by Gasteiger charge is -2.27. The van der Waals surface area contributed by atoms with E-state index in [9.17, 15) is 0 Å². The Morgan fingerprint density at radius 1 is 1.10 bits per heavy atom. The summed E-state index contributed by atoms with van der Waals surface area (Å²) in [4.78, 5) is 2.51. The maximum atomic E-state index is 5.75. The number of rotatable bonds is 7. The quantitative estimate of drug-likeness (QED) is 0.563. The van der Waals surface area contributed by atoms with Gasteiger partial charge in [-0.1, -0.05) is 18.0 Å². The van der Waals surface area contributed by atoms with Crippen LogP contribution in [0.1, 0.15) is 49.9 Å². The summed E-state index contributed by atoms with van der Waals surface area (Å²) < 4.78 is 18.5. The van der Waals surface area contributed by atoms with Crippen molar-refractivity contribution in [1.29, 1.82) is 0 Å². The Balaban J connectivity index is 1.57. The average Bonchev–Trinajstić information content (AvgIpc) is 3.39. The Bertz CT molecular complexity index is 965. The molecule has 1 saturated heterocycles. The zero-order chi connectivity index (χ0) is 20.9. The molecule has 4 rings (SSSR count). The largest absolute Gasteiger partial charge is 0.493 e. The third kappa shape index (κ3) is 4.36. The van der Waals surface area contributed by atoms with Gasteiger partial charge >= 0.3 is 0 Å². The fourth-order valence-electron chi connectivity index (χ4n) is 4.16. The molecule has 0 amide bonds. The minimum absolute atomic E-state index is 0.245. The molecule has 0 unspecified atom stereocenters. The maximum Gasteiger partial charge on any atom is 0.167 e. The van der Waals surface area contributed by atoms with E-state index in [1.54, 1.807) is 14.2 Å². The van der Waals surface area contributed by atoms with Gasteiger partial charge in [-0.3, -0.25) is 9.58 Å². The first-order valence-electron chi connectivity index (χ1n) is 10.7. The van der Waals surface area contributed by atoms with E-state index in [1.165, 1.54) is 24.8 Å². The zero-order valence-corrected chi connectivity index (χ0v) is 18.0. The van der Waals surface area contributed by atoms with E-state index >= 15 is 0 Å². The number of aryl methyl sites for hydroxylation is 1. The second kappa shape index (κ2) is 9.34. The molecule has 1 aliphatic heterocycles. The van der Waals surface area contributed by atoms with Gasteiger partial charge in [0.1, 0.15) is 5.69 Å². The van der Waals surface area contributed by atoms with Crippen molar-refractivity contribution in [2.24, 2.45) is 0 Å². The molecule has 3 aromatic rings. The summed E-state index contributed by atoms with van der Waals surface area (Å²) >= 11 is 0. The Morgan fingerprint density at radius 3 is 2.73 bits per heavy atom. The molecule has 7 nitrogen and oxygen atoms in total. The standard InChI is InChI=1S/C23H30N4O3/c1-4-27-16-17(14-24-27)15-26-11-7-5-6-8-20(26)19-13-22(30-25-19)18-9-10-21(28-2)23(12-18)29-3/h9-10,12-14,16,20H,4-8,11,15H2,1-3H3/t20-/m1/s1. The van der Waals surface area contributed by atoms with E-state index in [0.717, 1.165) is 43.1 Å². The van der Waals surface area contributed by atoms with E-state index in [1.807, 2.05) is 29.1 Å². The summed E-state index contributed by atoms with van der Waals surface area (Å²) in [6.45, 7) is 4.93. The molecule has 2 aromatic heterocycles. The predicted molar refractivity (Wildman–Crippen MR) is 115 cm³/mol. The molecule has 7 heteroatoms. The van der Waals surface area contributed by atoms with Crippen LogP contribution in [0.25, 0.3) is 11.3 Å². The molecule has 0 bridgehead atoms. The van der Waals surface area contributed by atoms with Crippen molar-refractivity contribution in [1.82, 2.24) is 19.8 Å². The van der Waals surface area contributed by atoms with Crippen LogP contribution >= 0.6 is 0 Å². The molecule has 30 heavy (non-hydrogen) atoms. The maximum absolute atomic E-state index is 5.75. The monoisotopic (exact) mass is 410 g/mol. The number of nitrogens with zero attached hydrogens (tertiary/aromatic N) is 4. The Kier molecular flexibility index (Phi) is 6.38. The van der Waals surface area contributed by atoms with Crippen LogP contribution in [0.4, 0.5) is 0 Å². The molecule has 160 valence electrons. The Labute approximate surface area is 177 Å². The van der Waals surface area contributed by atoms with Crippen LogP contribution < -0.4 is 9.47 Å². The Hall–Kier alpha value is -2.80. The molecular formula is C23H30N4O3. The van der Waals surface area contributed by atoms with Gasteiger partial charge in [0.25, 0.3) is 0 Å². The zero-order valence-electron chi connectivity index (χ0n) is 18.0. The highest BCUT2D eigenvalue weighted by Gasteiger charge is 2.26. The van der Waals surface area contributed by atoms with Crippen LogP contribution in [-0.4, -0.2) is 40.6 Å². The second-order valence-corrected chi connectivity index (χ2v) is 7.73. The molecular weight excluding hydrogens is 380 g/mol. The Morgan fingerprint density at radius 2 is 1.97 bits per heavy atom. The van der Waals surface area contributed by atoms with Gasteiger partial charge in [-0.15, -0.1) is 0 Å². The first-order valence-corrected chi connectivity index (χ1v) is 10.7. The molecule has 1 aromatic carbocycles. The van der Waals surface area contributed by atoms with Crippen LogP contribution in [0.15, 0.2) is 41.2 Å². The molecule has 0 radical (unpaired) electrons. The minimum Gasteiger partial charge on any atom is -0.493 e. The minimum atomic E-state index is 0.245. The van der Waals surface area contributed by atoms with Crippen LogP contribution in [0.2, 0.25) is 0 Å². The summed E-state index contributed by atoms with van der Waals surface area (Å²) in [5.74, 6) is 2.12. The molecule has 1 atom stereocenters. The van der Waals surface area contributed by atoms with Crippen LogP contribution in [-0.2, 0) is 13.1 Å². The van der Waals surface area contributed by atoms with Crippen LogP contribution in [0.3, 0.4) is 0 Å². The fourth-order valence-corrected chi connectivity index (χ4v) is 4.16. The smallest absolute Gasteiger partial charge is 0.167 e. The van der Waals surface area contributed by atoms with Gasteiger partial charge in [0, 0.05) is 36.5 Å². The first-order chi connectivity index (χ1) is 14.7. The van der Waals surface area contributed by atoms with E-state index < -0.39 is 0 Å². The number of benzene rings is 1. The number of likely N-dealkylation sites (tertiary alicyclic amines) is 1. The molecule has 1 aliphatic rings. The lowest BCUT2D eigenvalue weighted by molar-refractivity contribution is 0.184. The van der Waals surface area contributed by atoms with Crippen LogP contribution in [0, 0.1) is 0 Å². The average molecular weight is 411 g/mol. The molecule has 0 saturated carbocycles. The number of hydrogen-bond donors (Lipinski definition) is 0. The van der Waals surface area contributed by atoms with Gasteiger partial charge in [-0.2, -0.15) is 5.10 Å². The van der Waals surface area contributed by atoms with Gasteiger partial charge in [0.05, 0.1) is 26.5 Å². The van der Waals surface area contributed by atoms with Crippen molar-refractivity contribution in [3.8, 4) is 22.8 Å². The van der Waals surface area contributed by atoms with Crippen molar-refractivity contribution in [3.63, 3.8) is 0 Å². The van der Waals surface area contributed by atoms with Crippen LogP contribution in [0.5, 0.6) is 11.5 Å². The summed E-state index contributed by atoms with van der Waals surface area (Å²) in [5, 5.41) is 8.89. The number of hydrogen-bond acceptors (Lipinski definition) is 6. The highest BCUT2D eigenvalue weighted by molar-refractivity contribution is 5.62.